The van der Waals surface area contributed by atoms with Gasteiger partial charge in [0.15, 0.2) is 11.5 Å². The van der Waals surface area contributed by atoms with Gasteiger partial charge in [0.05, 0.1) is 7.11 Å². The van der Waals surface area contributed by atoms with Crippen LogP contribution in [0.25, 0.3) is 0 Å². The Morgan fingerprint density at radius 1 is 1.10 bits per heavy atom. The molecule has 6 heteroatoms. The average molecular weight is 399 g/mol. The van der Waals surface area contributed by atoms with Crippen LogP contribution < -0.4 is 14.2 Å². The minimum atomic E-state index is 0.220. The Bertz CT molecular complexity index is 799. The van der Waals surface area contributed by atoms with E-state index in [1.807, 2.05) is 12.1 Å². The van der Waals surface area contributed by atoms with Gasteiger partial charge in [0.25, 0.3) is 0 Å². The third-order valence-corrected chi connectivity index (χ3v) is 5.81. The lowest BCUT2D eigenvalue weighted by atomic mass is 10.1. The van der Waals surface area contributed by atoms with Crippen molar-refractivity contribution in [2.24, 2.45) is 0 Å². The fraction of sp³-hybridized carbons (Fsp3) is 0.478. The summed E-state index contributed by atoms with van der Waals surface area (Å²) < 4.78 is 16.5. The zero-order valence-electron chi connectivity index (χ0n) is 17.0. The second kappa shape index (κ2) is 9.48. The largest absolute Gasteiger partial charge is 0.493 e. The number of hydrogen-bond acceptors (Lipinski definition) is 6. The van der Waals surface area contributed by atoms with E-state index in [9.17, 15) is 5.11 Å². The second-order valence-electron chi connectivity index (χ2n) is 7.70. The summed E-state index contributed by atoms with van der Waals surface area (Å²) in [6.45, 7) is 5.30. The zero-order valence-corrected chi connectivity index (χ0v) is 17.0. The van der Waals surface area contributed by atoms with Gasteiger partial charge >= 0.3 is 0 Å². The Morgan fingerprint density at radius 3 is 2.76 bits per heavy atom. The molecule has 29 heavy (non-hydrogen) atoms. The first-order valence-corrected chi connectivity index (χ1v) is 10.3. The van der Waals surface area contributed by atoms with Crippen LogP contribution in [-0.4, -0.2) is 67.6 Å². The monoisotopic (exact) mass is 398 g/mol. The van der Waals surface area contributed by atoms with Crippen LogP contribution in [0.4, 0.5) is 0 Å². The number of ether oxygens (including phenoxy) is 3. The molecule has 6 nitrogen and oxygen atoms in total. The molecule has 1 atom stereocenters. The molecular weight excluding hydrogens is 368 g/mol. The van der Waals surface area contributed by atoms with Gasteiger partial charge in [-0.15, -0.1) is 0 Å². The van der Waals surface area contributed by atoms with Gasteiger partial charge in [0, 0.05) is 45.4 Å². The van der Waals surface area contributed by atoms with Crippen LogP contribution in [0.3, 0.4) is 0 Å². The van der Waals surface area contributed by atoms with Crippen molar-refractivity contribution in [3.8, 4) is 17.2 Å². The summed E-state index contributed by atoms with van der Waals surface area (Å²) in [4.78, 5) is 4.98. The average Bonchev–Trinajstić information content (AvgIpc) is 3.22. The van der Waals surface area contributed by atoms with E-state index in [1.165, 1.54) is 5.56 Å². The van der Waals surface area contributed by atoms with E-state index in [0.717, 1.165) is 62.6 Å². The smallest absolute Gasteiger partial charge is 0.231 e. The van der Waals surface area contributed by atoms with E-state index in [1.54, 1.807) is 7.11 Å². The highest BCUT2D eigenvalue weighted by Crippen LogP contribution is 2.42. The molecule has 0 spiro atoms. The Hall–Kier alpha value is -2.28. The molecule has 0 saturated carbocycles. The maximum Gasteiger partial charge on any atom is 0.231 e. The Kier molecular flexibility index (Phi) is 6.54. The summed E-state index contributed by atoms with van der Waals surface area (Å²) in [6, 6.07) is 15.1. The number of methoxy groups -OCH3 is 1. The summed E-state index contributed by atoms with van der Waals surface area (Å²) in [5.41, 5.74) is 2.52. The van der Waals surface area contributed by atoms with E-state index in [-0.39, 0.29) is 13.4 Å². The van der Waals surface area contributed by atoms with Gasteiger partial charge in [-0.3, -0.25) is 9.80 Å². The van der Waals surface area contributed by atoms with Crippen LogP contribution in [0.2, 0.25) is 0 Å². The van der Waals surface area contributed by atoms with E-state index in [2.05, 4.69) is 40.1 Å². The number of nitrogens with zero attached hydrogens (tertiary/aromatic N) is 2. The number of aliphatic hydroxyl groups is 1. The third-order valence-electron chi connectivity index (χ3n) is 5.81. The van der Waals surface area contributed by atoms with E-state index in [4.69, 9.17) is 14.2 Å². The number of fused-ring (bicyclic) bond motifs is 1. The van der Waals surface area contributed by atoms with Crippen molar-refractivity contribution in [1.82, 2.24) is 9.80 Å². The summed E-state index contributed by atoms with van der Waals surface area (Å²) in [5, 5.41) is 9.58. The molecule has 4 rings (SSSR count). The van der Waals surface area contributed by atoms with Crippen molar-refractivity contribution >= 4 is 0 Å². The molecule has 0 amide bonds. The molecular formula is C23H30N2O4. The van der Waals surface area contributed by atoms with Crippen molar-refractivity contribution in [3.05, 3.63) is 53.6 Å². The van der Waals surface area contributed by atoms with E-state index < -0.39 is 0 Å². The van der Waals surface area contributed by atoms with Crippen molar-refractivity contribution < 1.29 is 19.3 Å². The van der Waals surface area contributed by atoms with Crippen LogP contribution in [0, 0.1) is 0 Å². The number of rotatable bonds is 8. The molecule has 1 N–H and O–H groups in total. The fourth-order valence-corrected chi connectivity index (χ4v) is 4.27. The van der Waals surface area contributed by atoms with Gasteiger partial charge in [-0.1, -0.05) is 30.3 Å². The minimum absolute atomic E-state index is 0.220. The molecule has 2 aliphatic rings. The van der Waals surface area contributed by atoms with Gasteiger partial charge in [-0.2, -0.15) is 0 Å². The molecule has 2 aliphatic heterocycles. The molecule has 156 valence electrons. The predicted octanol–water partition coefficient (Wildman–Crippen LogP) is 2.54. The van der Waals surface area contributed by atoms with Gasteiger partial charge in [0.1, 0.15) is 0 Å². The number of piperazine rings is 1. The summed E-state index contributed by atoms with van der Waals surface area (Å²) in [7, 11) is 1.66. The molecule has 2 aromatic rings. The molecule has 2 heterocycles. The first kappa shape index (κ1) is 20.0. The molecule has 0 aliphatic carbocycles. The number of hydrogen-bond donors (Lipinski definition) is 1. The summed E-state index contributed by atoms with van der Waals surface area (Å²) in [5.74, 6) is 2.18. The van der Waals surface area contributed by atoms with Gasteiger partial charge in [-0.25, -0.2) is 0 Å². The Morgan fingerprint density at radius 2 is 1.97 bits per heavy atom. The van der Waals surface area contributed by atoms with Crippen molar-refractivity contribution in [3.63, 3.8) is 0 Å². The van der Waals surface area contributed by atoms with Crippen LogP contribution in [-0.2, 0) is 13.0 Å². The van der Waals surface area contributed by atoms with Crippen molar-refractivity contribution in [2.45, 2.75) is 25.4 Å². The maximum absolute atomic E-state index is 9.58. The topological polar surface area (TPSA) is 54.4 Å². The SMILES string of the molecule is COc1cc(CN2CCN(CCc3ccccc3)C(CCO)C2)cc2c1OCO2. The lowest BCUT2D eigenvalue weighted by Gasteiger charge is -2.41. The van der Waals surface area contributed by atoms with Crippen LogP contribution in [0.15, 0.2) is 42.5 Å². The minimum Gasteiger partial charge on any atom is -0.493 e. The molecule has 1 unspecified atom stereocenters. The molecule has 1 fully saturated rings. The standard InChI is InChI=1S/C23H30N2O4/c1-27-21-13-19(14-22-23(21)29-17-28-22)15-24-10-11-25(20(16-24)8-12-26)9-7-18-5-3-2-4-6-18/h2-6,13-14,20,26H,7-12,15-17H2,1H3. The second-order valence-corrected chi connectivity index (χ2v) is 7.70. The van der Waals surface area contributed by atoms with Crippen LogP contribution in [0.1, 0.15) is 17.5 Å². The quantitative estimate of drug-likeness (QED) is 0.738. The highest BCUT2D eigenvalue weighted by Gasteiger charge is 2.27. The van der Waals surface area contributed by atoms with E-state index in [0.29, 0.717) is 11.8 Å². The third kappa shape index (κ3) is 4.83. The highest BCUT2D eigenvalue weighted by molar-refractivity contribution is 5.55. The number of benzene rings is 2. The predicted molar refractivity (Wildman–Crippen MR) is 112 cm³/mol. The summed E-state index contributed by atoms with van der Waals surface area (Å²) >= 11 is 0. The first-order chi connectivity index (χ1) is 14.3. The zero-order chi connectivity index (χ0) is 20.1. The molecule has 0 bridgehead atoms. The van der Waals surface area contributed by atoms with E-state index >= 15 is 0 Å². The maximum atomic E-state index is 9.58. The van der Waals surface area contributed by atoms with Crippen molar-refractivity contribution in [2.75, 3.05) is 46.7 Å². The number of aliphatic hydroxyl groups excluding tert-OH is 1. The molecule has 1 saturated heterocycles. The normalized spacial score (nSPS) is 19.4. The lowest BCUT2D eigenvalue weighted by Crippen LogP contribution is -2.53. The Balaban J connectivity index is 1.38. The van der Waals surface area contributed by atoms with Gasteiger partial charge in [-0.05, 0) is 36.1 Å². The summed E-state index contributed by atoms with van der Waals surface area (Å²) in [6.07, 6.45) is 1.85. The highest BCUT2D eigenvalue weighted by atomic mass is 16.7. The molecule has 0 aromatic heterocycles. The van der Waals surface area contributed by atoms with Crippen molar-refractivity contribution in [1.29, 1.82) is 0 Å². The molecule has 0 radical (unpaired) electrons. The van der Waals surface area contributed by atoms with Gasteiger partial charge < -0.3 is 19.3 Å². The van der Waals surface area contributed by atoms with Gasteiger partial charge in [0.2, 0.25) is 12.5 Å². The Labute approximate surface area is 172 Å². The fourth-order valence-electron chi connectivity index (χ4n) is 4.27. The van der Waals surface area contributed by atoms with Crippen LogP contribution >= 0.6 is 0 Å². The lowest BCUT2D eigenvalue weighted by molar-refractivity contribution is 0.0561. The molecule has 2 aromatic carbocycles. The first-order valence-electron chi connectivity index (χ1n) is 10.3. The van der Waals surface area contributed by atoms with Crippen LogP contribution in [0.5, 0.6) is 17.2 Å².